The summed E-state index contributed by atoms with van der Waals surface area (Å²) in [5.74, 6) is 1.77. The van der Waals surface area contributed by atoms with Crippen LogP contribution in [0, 0.1) is 0 Å². The molecule has 0 bridgehead atoms. The predicted octanol–water partition coefficient (Wildman–Crippen LogP) is 3.51. The third-order valence-corrected chi connectivity index (χ3v) is 4.34. The van der Waals surface area contributed by atoms with Gasteiger partial charge in [0.2, 0.25) is 5.75 Å². The molecule has 0 aliphatic rings. The first-order chi connectivity index (χ1) is 12.7. The van der Waals surface area contributed by atoms with Crippen molar-refractivity contribution in [3.63, 3.8) is 0 Å². The summed E-state index contributed by atoms with van der Waals surface area (Å²) >= 11 is 0. The number of hydrogen-bond acceptors (Lipinski definition) is 6. The Morgan fingerprint density at radius 3 is 2.31 bits per heavy atom. The standard InChI is InChI=1S/C19H17N3O4/c1-24-14-8-12-13-9-20-22-19(13)21-16(10-4-6-11(23)7-5-10)15(12)18(26-3)17(14)25-2/h4-9,23H,1-3H3,(H,20,21,22). The van der Waals surface area contributed by atoms with Crippen molar-refractivity contribution < 1.29 is 19.3 Å². The van der Waals surface area contributed by atoms with E-state index in [0.717, 1.165) is 21.7 Å². The molecule has 26 heavy (non-hydrogen) atoms. The lowest BCUT2D eigenvalue weighted by Gasteiger charge is -2.17. The van der Waals surface area contributed by atoms with Crippen LogP contribution in [0.2, 0.25) is 0 Å². The number of rotatable bonds is 4. The van der Waals surface area contributed by atoms with Gasteiger partial charge < -0.3 is 19.3 Å². The lowest BCUT2D eigenvalue weighted by Crippen LogP contribution is -1.98. The molecule has 0 fully saturated rings. The van der Waals surface area contributed by atoms with Gasteiger partial charge in [-0.1, -0.05) is 0 Å². The van der Waals surface area contributed by atoms with Gasteiger partial charge in [-0.3, -0.25) is 5.10 Å². The Kier molecular flexibility index (Phi) is 3.76. The Hall–Kier alpha value is -3.48. The van der Waals surface area contributed by atoms with Crippen LogP contribution in [0.5, 0.6) is 23.0 Å². The van der Waals surface area contributed by atoms with Crippen molar-refractivity contribution in [2.24, 2.45) is 0 Å². The second-order valence-electron chi connectivity index (χ2n) is 5.71. The summed E-state index contributed by atoms with van der Waals surface area (Å²) in [5.41, 5.74) is 2.17. The summed E-state index contributed by atoms with van der Waals surface area (Å²) in [6, 6.07) is 8.73. The van der Waals surface area contributed by atoms with Crippen LogP contribution in [-0.4, -0.2) is 41.6 Å². The number of methoxy groups -OCH3 is 3. The highest BCUT2D eigenvalue weighted by Crippen LogP contribution is 2.47. The molecule has 132 valence electrons. The molecule has 0 radical (unpaired) electrons. The maximum atomic E-state index is 9.61. The van der Waals surface area contributed by atoms with Gasteiger partial charge in [-0.05, 0) is 30.3 Å². The van der Waals surface area contributed by atoms with E-state index in [9.17, 15) is 5.11 Å². The molecule has 4 rings (SSSR count). The number of phenolic OH excluding ortho intramolecular Hbond substituents is 1. The molecule has 2 heterocycles. The first kappa shape index (κ1) is 16.0. The molecule has 0 saturated carbocycles. The molecule has 2 aromatic carbocycles. The highest BCUT2D eigenvalue weighted by Gasteiger charge is 2.22. The molecule has 2 aromatic heterocycles. The van der Waals surface area contributed by atoms with E-state index in [0.29, 0.717) is 28.6 Å². The molecule has 0 saturated heterocycles. The van der Waals surface area contributed by atoms with Crippen molar-refractivity contribution in [2.75, 3.05) is 21.3 Å². The summed E-state index contributed by atoms with van der Waals surface area (Å²) in [6.07, 6.45) is 1.72. The molecule has 4 aromatic rings. The fourth-order valence-corrected chi connectivity index (χ4v) is 3.16. The number of hydrogen-bond donors (Lipinski definition) is 2. The molecule has 0 aliphatic carbocycles. The summed E-state index contributed by atoms with van der Waals surface area (Å²) in [5, 5.41) is 19.1. The minimum absolute atomic E-state index is 0.187. The van der Waals surface area contributed by atoms with E-state index in [1.807, 2.05) is 6.07 Å². The number of ether oxygens (including phenoxy) is 3. The van der Waals surface area contributed by atoms with Gasteiger partial charge in [0, 0.05) is 16.3 Å². The average Bonchev–Trinajstić information content (AvgIpc) is 3.15. The van der Waals surface area contributed by atoms with E-state index in [1.165, 1.54) is 0 Å². The van der Waals surface area contributed by atoms with Crippen molar-refractivity contribution in [1.29, 1.82) is 0 Å². The van der Waals surface area contributed by atoms with E-state index >= 15 is 0 Å². The lowest BCUT2D eigenvalue weighted by molar-refractivity contribution is 0.327. The van der Waals surface area contributed by atoms with Crippen molar-refractivity contribution in [3.8, 4) is 34.3 Å². The van der Waals surface area contributed by atoms with Crippen molar-refractivity contribution >= 4 is 21.8 Å². The highest BCUT2D eigenvalue weighted by molar-refractivity contribution is 6.14. The zero-order valence-electron chi connectivity index (χ0n) is 14.5. The van der Waals surface area contributed by atoms with Gasteiger partial charge in [0.05, 0.1) is 38.6 Å². The zero-order valence-corrected chi connectivity index (χ0v) is 14.5. The Morgan fingerprint density at radius 1 is 0.923 bits per heavy atom. The smallest absolute Gasteiger partial charge is 0.204 e. The number of nitrogens with one attached hydrogen (secondary N) is 1. The Balaban J connectivity index is 2.20. The Morgan fingerprint density at radius 2 is 1.65 bits per heavy atom. The second-order valence-corrected chi connectivity index (χ2v) is 5.71. The van der Waals surface area contributed by atoms with E-state index in [-0.39, 0.29) is 5.75 Å². The fourth-order valence-electron chi connectivity index (χ4n) is 3.16. The van der Waals surface area contributed by atoms with E-state index < -0.39 is 0 Å². The fraction of sp³-hybridized carbons (Fsp3) is 0.158. The maximum Gasteiger partial charge on any atom is 0.204 e. The minimum Gasteiger partial charge on any atom is -0.508 e. The Bertz CT molecular complexity index is 1100. The molecule has 0 amide bonds. The van der Waals surface area contributed by atoms with Crippen LogP contribution < -0.4 is 14.2 Å². The number of pyridine rings is 1. The van der Waals surface area contributed by atoms with Crippen LogP contribution in [0.4, 0.5) is 0 Å². The molecule has 0 spiro atoms. The van der Waals surface area contributed by atoms with Gasteiger partial charge >= 0.3 is 0 Å². The summed E-state index contributed by atoms with van der Waals surface area (Å²) in [6.45, 7) is 0. The van der Waals surface area contributed by atoms with Gasteiger partial charge in [0.25, 0.3) is 0 Å². The molecule has 0 unspecified atom stereocenters. The van der Waals surface area contributed by atoms with E-state index in [1.54, 1.807) is 51.8 Å². The Labute approximate surface area is 149 Å². The molecule has 0 aliphatic heterocycles. The lowest BCUT2D eigenvalue weighted by atomic mass is 10.00. The van der Waals surface area contributed by atoms with Crippen LogP contribution in [0.25, 0.3) is 33.1 Å². The summed E-state index contributed by atoms with van der Waals surface area (Å²) in [7, 11) is 4.73. The van der Waals surface area contributed by atoms with Crippen LogP contribution in [-0.2, 0) is 0 Å². The topological polar surface area (TPSA) is 89.5 Å². The first-order valence-electron chi connectivity index (χ1n) is 7.93. The predicted molar refractivity (Wildman–Crippen MR) is 98.2 cm³/mol. The normalized spacial score (nSPS) is 11.0. The zero-order chi connectivity index (χ0) is 18.3. The SMILES string of the molecule is COc1cc2c(c(-c3ccc(O)cc3)nc3[nH]ncc32)c(OC)c1OC. The molecular formula is C19H17N3O4. The average molecular weight is 351 g/mol. The van der Waals surface area contributed by atoms with E-state index in [2.05, 4.69) is 10.2 Å². The van der Waals surface area contributed by atoms with Crippen LogP contribution in [0.15, 0.2) is 36.5 Å². The number of benzene rings is 2. The van der Waals surface area contributed by atoms with Crippen LogP contribution >= 0.6 is 0 Å². The van der Waals surface area contributed by atoms with Gasteiger partial charge in [-0.25, -0.2) is 4.98 Å². The van der Waals surface area contributed by atoms with Gasteiger partial charge in [0.1, 0.15) is 5.75 Å². The molecule has 7 heteroatoms. The number of aromatic amines is 1. The molecule has 2 N–H and O–H groups in total. The third-order valence-electron chi connectivity index (χ3n) is 4.34. The summed E-state index contributed by atoms with van der Waals surface area (Å²) in [4.78, 5) is 4.73. The van der Waals surface area contributed by atoms with Crippen molar-refractivity contribution in [2.45, 2.75) is 0 Å². The van der Waals surface area contributed by atoms with Gasteiger partial charge in [-0.15, -0.1) is 0 Å². The largest absolute Gasteiger partial charge is 0.508 e. The number of aromatic hydroxyl groups is 1. The van der Waals surface area contributed by atoms with Crippen LogP contribution in [0.1, 0.15) is 0 Å². The van der Waals surface area contributed by atoms with Crippen molar-refractivity contribution in [3.05, 3.63) is 36.5 Å². The van der Waals surface area contributed by atoms with Crippen molar-refractivity contribution in [1.82, 2.24) is 15.2 Å². The minimum atomic E-state index is 0.187. The monoisotopic (exact) mass is 351 g/mol. The van der Waals surface area contributed by atoms with Gasteiger partial charge in [0.15, 0.2) is 17.1 Å². The first-order valence-corrected chi connectivity index (χ1v) is 7.93. The number of nitrogens with zero attached hydrogens (tertiary/aromatic N) is 2. The molecule has 0 atom stereocenters. The number of H-pyrrole nitrogens is 1. The number of aromatic nitrogens is 3. The quantitative estimate of drug-likeness (QED) is 0.585. The number of fused-ring (bicyclic) bond motifs is 3. The third kappa shape index (κ3) is 2.28. The van der Waals surface area contributed by atoms with Gasteiger partial charge in [-0.2, -0.15) is 5.10 Å². The molecule has 7 nitrogen and oxygen atoms in total. The second kappa shape index (κ2) is 6.11. The van der Waals surface area contributed by atoms with Crippen LogP contribution in [0.3, 0.4) is 0 Å². The summed E-state index contributed by atoms with van der Waals surface area (Å²) < 4.78 is 16.7. The molecular weight excluding hydrogens is 334 g/mol. The highest BCUT2D eigenvalue weighted by atomic mass is 16.5. The number of phenols is 1. The maximum absolute atomic E-state index is 9.61. The van der Waals surface area contributed by atoms with E-state index in [4.69, 9.17) is 19.2 Å².